The van der Waals surface area contributed by atoms with Gasteiger partial charge in [-0.3, -0.25) is 14.5 Å². The topological polar surface area (TPSA) is 71.9 Å². The fraction of sp³-hybridized carbons (Fsp3) is 0.167. The summed E-state index contributed by atoms with van der Waals surface area (Å²) >= 11 is 5.27. The number of rotatable bonds is 7. The molecule has 7 heteroatoms. The van der Waals surface area contributed by atoms with Crippen LogP contribution in [0.3, 0.4) is 0 Å². The summed E-state index contributed by atoms with van der Waals surface area (Å²) in [5.41, 5.74) is 1.11. The van der Waals surface area contributed by atoms with Gasteiger partial charge in [-0.15, -0.1) is 0 Å². The maximum absolute atomic E-state index is 12.0. The van der Waals surface area contributed by atoms with E-state index in [1.54, 1.807) is 12.1 Å². The Morgan fingerprint density at radius 1 is 1.12 bits per heavy atom. The average Bonchev–Trinajstić information content (AvgIpc) is 3.00. The van der Waals surface area contributed by atoms with Gasteiger partial charge < -0.3 is 10.1 Å². The van der Waals surface area contributed by atoms with Gasteiger partial charge >= 0.3 is 0 Å². The minimum absolute atomic E-state index is 0.0478. The summed E-state index contributed by atoms with van der Waals surface area (Å²) in [7, 11) is 0. The second-order valence-corrected chi connectivity index (χ2v) is 5.78. The van der Waals surface area contributed by atoms with E-state index < -0.39 is 0 Å². The van der Waals surface area contributed by atoms with E-state index in [4.69, 9.17) is 17.0 Å². The van der Waals surface area contributed by atoms with Gasteiger partial charge in [0.25, 0.3) is 5.91 Å². The van der Waals surface area contributed by atoms with Gasteiger partial charge in [-0.25, -0.2) is 0 Å². The van der Waals surface area contributed by atoms with Crippen LogP contribution in [0.1, 0.15) is 11.4 Å². The van der Waals surface area contributed by atoms with Crippen LogP contribution in [0.25, 0.3) is 0 Å². The van der Waals surface area contributed by atoms with Crippen molar-refractivity contribution in [2.75, 3.05) is 6.61 Å². The predicted octanol–water partition coefficient (Wildman–Crippen LogP) is 2.68. The maximum Gasteiger partial charge on any atom is 0.258 e. The molecule has 0 atom stereocenters. The maximum atomic E-state index is 12.0. The van der Waals surface area contributed by atoms with Gasteiger partial charge in [0.05, 0.1) is 13.1 Å². The van der Waals surface area contributed by atoms with Gasteiger partial charge in [-0.1, -0.05) is 48.5 Å². The molecule has 6 nitrogen and oxygen atoms in total. The van der Waals surface area contributed by atoms with E-state index in [9.17, 15) is 4.79 Å². The third kappa shape index (κ3) is 4.77. The molecule has 0 fully saturated rings. The number of ether oxygens (including phenoxy) is 1. The van der Waals surface area contributed by atoms with Crippen molar-refractivity contribution in [2.24, 2.45) is 0 Å². The van der Waals surface area contributed by atoms with E-state index in [0.717, 1.165) is 5.56 Å². The van der Waals surface area contributed by atoms with E-state index >= 15 is 0 Å². The Balaban J connectivity index is 1.56. The molecule has 0 bridgehead atoms. The molecule has 0 aliphatic rings. The molecular weight excluding hydrogens is 336 g/mol. The number of hydrogen-bond donors (Lipinski definition) is 2. The van der Waals surface area contributed by atoms with Crippen LogP contribution in [0, 0.1) is 4.77 Å². The van der Waals surface area contributed by atoms with Crippen molar-refractivity contribution in [3.8, 4) is 5.75 Å². The Labute approximate surface area is 150 Å². The van der Waals surface area contributed by atoms with Crippen molar-refractivity contribution in [1.29, 1.82) is 0 Å². The second-order valence-electron chi connectivity index (χ2n) is 5.40. The molecule has 128 valence electrons. The smallest absolute Gasteiger partial charge is 0.258 e. The number of aromatic nitrogens is 3. The number of nitrogens with one attached hydrogen (secondary N) is 2. The molecule has 3 rings (SSSR count). The number of carbonyl (C=O) groups is 1. The summed E-state index contributed by atoms with van der Waals surface area (Å²) < 4.78 is 7.81. The van der Waals surface area contributed by atoms with Crippen molar-refractivity contribution >= 4 is 18.1 Å². The summed E-state index contributed by atoms with van der Waals surface area (Å²) in [5, 5.41) is 9.76. The van der Waals surface area contributed by atoms with Gasteiger partial charge in [0.15, 0.2) is 17.2 Å². The molecule has 0 aliphatic heterocycles. The van der Waals surface area contributed by atoms with Crippen LogP contribution < -0.4 is 10.1 Å². The summed E-state index contributed by atoms with van der Waals surface area (Å²) in [4.78, 5) is 12.0. The fourth-order valence-electron chi connectivity index (χ4n) is 2.31. The summed E-state index contributed by atoms with van der Waals surface area (Å²) in [6, 6.07) is 19.2. The molecule has 1 heterocycles. The molecule has 1 aromatic heterocycles. The standard InChI is InChI=1S/C18H18N4O2S/c23-17(13-24-15-9-5-2-6-10-15)19-11-16-20-21-18(25)22(16)12-14-7-3-1-4-8-14/h1-10H,11-13H2,(H,19,23)(H,21,25). The Morgan fingerprint density at radius 2 is 1.80 bits per heavy atom. The number of para-hydroxylation sites is 1. The van der Waals surface area contributed by atoms with Crippen molar-refractivity contribution in [3.63, 3.8) is 0 Å². The molecule has 0 saturated carbocycles. The summed E-state index contributed by atoms with van der Waals surface area (Å²) in [6.45, 7) is 0.826. The summed E-state index contributed by atoms with van der Waals surface area (Å²) in [5.74, 6) is 1.11. The number of H-pyrrole nitrogens is 1. The van der Waals surface area contributed by atoms with Gasteiger partial charge in [0, 0.05) is 0 Å². The molecule has 0 aliphatic carbocycles. The largest absolute Gasteiger partial charge is 0.484 e. The number of hydrogen-bond acceptors (Lipinski definition) is 4. The van der Waals surface area contributed by atoms with Crippen molar-refractivity contribution in [2.45, 2.75) is 13.1 Å². The normalized spacial score (nSPS) is 10.4. The van der Waals surface area contributed by atoms with E-state index in [1.165, 1.54) is 0 Å². The number of carbonyl (C=O) groups excluding carboxylic acids is 1. The Hall–Kier alpha value is -2.93. The highest BCUT2D eigenvalue weighted by Gasteiger charge is 2.09. The highest BCUT2D eigenvalue weighted by molar-refractivity contribution is 7.71. The van der Waals surface area contributed by atoms with Crippen molar-refractivity contribution in [1.82, 2.24) is 20.1 Å². The van der Waals surface area contributed by atoms with Crippen LogP contribution in [0.5, 0.6) is 5.75 Å². The minimum atomic E-state index is -0.218. The van der Waals surface area contributed by atoms with Gasteiger partial charge in [0.2, 0.25) is 0 Å². The first-order chi connectivity index (χ1) is 12.2. The predicted molar refractivity (Wildman–Crippen MR) is 96.7 cm³/mol. The highest BCUT2D eigenvalue weighted by atomic mass is 32.1. The van der Waals surface area contributed by atoms with E-state index in [1.807, 2.05) is 53.1 Å². The number of amides is 1. The van der Waals surface area contributed by atoms with Gasteiger partial charge in [-0.2, -0.15) is 5.10 Å². The first-order valence-corrected chi connectivity index (χ1v) is 8.26. The van der Waals surface area contributed by atoms with E-state index in [0.29, 0.717) is 22.9 Å². The molecule has 0 radical (unpaired) electrons. The number of aromatic amines is 1. The molecule has 0 unspecified atom stereocenters. The Morgan fingerprint density at radius 3 is 2.52 bits per heavy atom. The Bertz CT molecular complexity index is 875. The zero-order valence-corrected chi connectivity index (χ0v) is 14.3. The van der Waals surface area contributed by atoms with Crippen LogP contribution >= 0.6 is 12.2 Å². The van der Waals surface area contributed by atoms with Crippen LogP contribution in [0.15, 0.2) is 60.7 Å². The van der Waals surface area contributed by atoms with Crippen molar-refractivity contribution < 1.29 is 9.53 Å². The zero-order valence-electron chi connectivity index (χ0n) is 13.5. The number of benzene rings is 2. The van der Waals surface area contributed by atoms with Crippen LogP contribution in [0.2, 0.25) is 0 Å². The second kappa shape index (κ2) is 8.25. The molecule has 3 aromatic rings. The summed E-state index contributed by atoms with van der Waals surface area (Å²) in [6.07, 6.45) is 0. The lowest BCUT2D eigenvalue weighted by molar-refractivity contribution is -0.123. The molecular formula is C18H18N4O2S. The minimum Gasteiger partial charge on any atom is -0.484 e. The first-order valence-electron chi connectivity index (χ1n) is 7.85. The SMILES string of the molecule is O=C(COc1ccccc1)NCc1n[nH]c(=S)n1Cc1ccccc1. The fourth-order valence-corrected chi connectivity index (χ4v) is 2.52. The monoisotopic (exact) mass is 354 g/mol. The molecule has 2 N–H and O–H groups in total. The molecule has 2 aromatic carbocycles. The van der Waals surface area contributed by atoms with Gasteiger partial charge in [-0.05, 0) is 29.9 Å². The average molecular weight is 354 g/mol. The van der Waals surface area contributed by atoms with Gasteiger partial charge in [0.1, 0.15) is 5.75 Å². The van der Waals surface area contributed by atoms with E-state index in [-0.39, 0.29) is 19.1 Å². The highest BCUT2D eigenvalue weighted by Crippen LogP contribution is 2.08. The number of nitrogens with zero attached hydrogens (tertiary/aromatic N) is 2. The molecule has 25 heavy (non-hydrogen) atoms. The Kier molecular flexibility index (Phi) is 5.58. The van der Waals surface area contributed by atoms with Crippen LogP contribution in [0.4, 0.5) is 0 Å². The van der Waals surface area contributed by atoms with E-state index in [2.05, 4.69) is 15.5 Å². The third-order valence-electron chi connectivity index (χ3n) is 3.58. The molecule has 0 spiro atoms. The molecule has 0 saturated heterocycles. The van der Waals surface area contributed by atoms with Crippen molar-refractivity contribution in [3.05, 3.63) is 76.8 Å². The lowest BCUT2D eigenvalue weighted by atomic mass is 10.2. The third-order valence-corrected chi connectivity index (χ3v) is 3.89. The quantitative estimate of drug-likeness (QED) is 0.640. The molecule has 1 amide bonds. The van der Waals surface area contributed by atoms with Crippen LogP contribution in [-0.4, -0.2) is 27.3 Å². The van der Waals surface area contributed by atoms with Crippen LogP contribution in [-0.2, 0) is 17.9 Å². The zero-order chi connectivity index (χ0) is 17.5. The lowest BCUT2D eigenvalue weighted by Gasteiger charge is -2.09. The lowest BCUT2D eigenvalue weighted by Crippen LogP contribution is -2.29. The first kappa shape index (κ1) is 16.9.